The zero-order chi connectivity index (χ0) is 16.1. The van der Waals surface area contributed by atoms with Crippen LogP contribution in [0.25, 0.3) is 0 Å². The van der Waals surface area contributed by atoms with Crippen LogP contribution < -0.4 is 10.1 Å². The number of aryl methyl sites for hydroxylation is 2. The zero-order valence-corrected chi connectivity index (χ0v) is 13.8. The van der Waals surface area contributed by atoms with Crippen molar-refractivity contribution in [2.45, 2.75) is 33.3 Å². The number of anilines is 1. The lowest BCUT2D eigenvalue weighted by atomic mass is 10.1. The highest BCUT2D eigenvalue weighted by Crippen LogP contribution is 2.20. The SMILES string of the molecule is CCC(Oc1cc(C)cc(C)c1)C(=O)Nc1ccc(Cl)cc1. The molecule has 1 amide bonds. The summed E-state index contributed by atoms with van der Waals surface area (Å²) in [5.74, 6) is 0.555. The third-order valence-corrected chi connectivity index (χ3v) is 3.50. The largest absolute Gasteiger partial charge is 0.481 e. The molecular formula is C18H20ClNO2. The summed E-state index contributed by atoms with van der Waals surface area (Å²) in [4.78, 5) is 12.3. The molecule has 0 aliphatic heterocycles. The minimum atomic E-state index is -0.531. The van der Waals surface area contributed by atoms with E-state index in [2.05, 4.69) is 11.4 Å². The van der Waals surface area contributed by atoms with Gasteiger partial charge in [-0.3, -0.25) is 4.79 Å². The summed E-state index contributed by atoms with van der Waals surface area (Å²) in [6.45, 7) is 5.94. The second-order valence-electron chi connectivity index (χ2n) is 5.33. The molecular weight excluding hydrogens is 298 g/mol. The summed E-state index contributed by atoms with van der Waals surface area (Å²) in [6.07, 6.45) is 0.0590. The Morgan fingerprint density at radius 2 is 1.73 bits per heavy atom. The lowest BCUT2D eigenvalue weighted by Crippen LogP contribution is -2.32. The average Bonchev–Trinajstić information content (AvgIpc) is 2.46. The van der Waals surface area contributed by atoms with Gasteiger partial charge < -0.3 is 10.1 Å². The molecule has 0 radical (unpaired) electrons. The Bertz CT molecular complexity index is 632. The molecule has 0 fully saturated rings. The van der Waals surface area contributed by atoms with Crippen LogP contribution in [0.5, 0.6) is 5.75 Å². The van der Waals surface area contributed by atoms with E-state index in [0.717, 1.165) is 16.9 Å². The molecule has 22 heavy (non-hydrogen) atoms. The molecule has 0 heterocycles. The number of rotatable bonds is 5. The smallest absolute Gasteiger partial charge is 0.265 e. The summed E-state index contributed by atoms with van der Waals surface area (Å²) in [7, 11) is 0. The van der Waals surface area contributed by atoms with Crippen molar-refractivity contribution >= 4 is 23.2 Å². The van der Waals surface area contributed by atoms with Crippen molar-refractivity contribution < 1.29 is 9.53 Å². The lowest BCUT2D eigenvalue weighted by molar-refractivity contribution is -0.122. The van der Waals surface area contributed by atoms with E-state index in [1.165, 1.54) is 0 Å². The Hall–Kier alpha value is -2.00. The van der Waals surface area contributed by atoms with Crippen molar-refractivity contribution in [2.75, 3.05) is 5.32 Å². The molecule has 0 saturated carbocycles. The topological polar surface area (TPSA) is 38.3 Å². The minimum absolute atomic E-state index is 0.163. The number of benzene rings is 2. The van der Waals surface area contributed by atoms with Crippen molar-refractivity contribution in [3.63, 3.8) is 0 Å². The Kier molecular flexibility index (Phi) is 5.45. The van der Waals surface area contributed by atoms with Crippen LogP contribution in [0.15, 0.2) is 42.5 Å². The van der Waals surface area contributed by atoms with Gasteiger partial charge in [0.1, 0.15) is 5.75 Å². The quantitative estimate of drug-likeness (QED) is 0.864. The molecule has 0 aliphatic rings. The minimum Gasteiger partial charge on any atom is -0.481 e. The van der Waals surface area contributed by atoms with E-state index in [-0.39, 0.29) is 5.91 Å². The van der Waals surface area contributed by atoms with Gasteiger partial charge in [-0.1, -0.05) is 24.6 Å². The van der Waals surface area contributed by atoms with E-state index < -0.39 is 6.10 Å². The van der Waals surface area contributed by atoms with Gasteiger partial charge in [0.2, 0.25) is 0 Å². The van der Waals surface area contributed by atoms with Crippen molar-refractivity contribution in [2.24, 2.45) is 0 Å². The number of hydrogen-bond acceptors (Lipinski definition) is 2. The molecule has 0 spiro atoms. The van der Waals surface area contributed by atoms with E-state index in [9.17, 15) is 4.79 Å². The fourth-order valence-electron chi connectivity index (χ4n) is 2.24. The van der Waals surface area contributed by atoms with Gasteiger partial charge in [0.05, 0.1) is 0 Å². The van der Waals surface area contributed by atoms with Crippen molar-refractivity contribution in [3.05, 3.63) is 58.6 Å². The van der Waals surface area contributed by atoms with Crippen LogP contribution in [0.3, 0.4) is 0 Å². The summed E-state index contributed by atoms with van der Waals surface area (Å²) < 4.78 is 5.84. The molecule has 2 aromatic rings. The molecule has 1 unspecified atom stereocenters. The van der Waals surface area contributed by atoms with Crippen molar-refractivity contribution in [1.82, 2.24) is 0 Å². The molecule has 2 rings (SSSR count). The lowest BCUT2D eigenvalue weighted by Gasteiger charge is -2.18. The maximum absolute atomic E-state index is 12.3. The van der Waals surface area contributed by atoms with Gasteiger partial charge in [-0.05, 0) is 67.8 Å². The highest BCUT2D eigenvalue weighted by atomic mass is 35.5. The molecule has 0 saturated heterocycles. The van der Waals surface area contributed by atoms with Gasteiger partial charge in [0, 0.05) is 10.7 Å². The molecule has 3 nitrogen and oxygen atoms in total. The monoisotopic (exact) mass is 317 g/mol. The first-order valence-corrected chi connectivity index (χ1v) is 7.67. The molecule has 0 bridgehead atoms. The third-order valence-electron chi connectivity index (χ3n) is 3.25. The van der Waals surface area contributed by atoms with E-state index >= 15 is 0 Å². The standard InChI is InChI=1S/C18H20ClNO2/c1-4-17(22-16-10-12(2)9-13(3)11-16)18(21)20-15-7-5-14(19)6-8-15/h5-11,17H,4H2,1-3H3,(H,20,21). The van der Waals surface area contributed by atoms with Crippen LogP contribution in [0.2, 0.25) is 5.02 Å². The molecule has 2 aromatic carbocycles. The number of ether oxygens (including phenoxy) is 1. The van der Waals surface area contributed by atoms with Crippen LogP contribution in [-0.2, 0) is 4.79 Å². The van der Waals surface area contributed by atoms with E-state index in [0.29, 0.717) is 17.1 Å². The predicted molar refractivity (Wildman–Crippen MR) is 90.7 cm³/mol. The van der Waals surface area contributed by atoms with Gasteiger partial charge in [-0.2, -0.15) is 0 Å². The highest BCUT2D eigenvalue weighted by Gasteiger charge is 2.18. The van der Waals surface area contributed by atoms with E-state index in [1.807, 2.05) is 32.9 Å². The Balaban J connectivity index is 2.06. The second-order valence-corrected chi connectivity index (χ2v) is 5.77. The van der Waals surface area contributed by atoms with Gasteiger partial charge in [0.15, 0.2) is 6.10 Å². The Morgan fingerprint density at radius 3 is 2.27 bits per heavy atom. The van der Waals surface area contributed by atoms with Crippen molar-refractivity contribution in [1.29, 1.82) is 0 Å². The second kappa shape index (κ2) is 7.32. The number of carbonyl (C=O) groups is 1. The highest BCUT2D eigenvalue weighted by molar-refractivity contribution is 6.30. The first-order valence-electron chi connectivity index (χ1n) is 7.29. The summed E-state index contributed by atoms with van der Waals surface area (Å²) in [6, 6.07) is 13.0. The van der Waals surface area contributed by atoms with Crippen LogP contribution in [0.4, 0.5) is 5.69 Å². The predicted octanol–water partition coefficient (Wildman–Crippen LogP) is 4.75. The number of nitrogens with one attached hydrogen (secondary N) is 1. The van der Waals surface area contributed by atoms with E-state index in [4.69, 9.17) is 16.3 Å². The zero-order valence-electron chi connectivity index (χ0n) is 13.0. The van der Waals surface area contributed by atoms with Gasteiger partial charge in [0.25, 0.3) is 5.91 Å². The van der Waals surface area contributed by atoms with Gasteiger partial charge in [-0.15, -0.1) is 0 Å². The van der Waals surface area contributed by atoms with Gasteiger partial charge >= 0.3 is 0 Å². The first kappa shape index (κ1) is 16.4. The summed E-state index contributed by atoms with van der Waals surface area (Å²) in [5, 5.41) is 3.48. The average molecular weight is 318 g/mol. The first-order chi connectivity index (χ1) is 10.5. The Morgan fingerprint density at radius 1 is 1.14 bits per heavy atom. The fourth-order valence-corrected chi connectivity index (χ4v) is 2.37. The van der Waals surface area contributed by atoms with Crippen LogP contribution in [0, 0.1) is 13.8 Å². The molecule has 1 atom stereocenters. The van der Waals surface area contributed by atoms with Crippen LogP contribution >= 0.6 is 11.6 Å². The normalized spacial score (nSPS) is 11.8. The number of hydrogen-bond donors (Lipinski definition) is 1. The maximum Gasteiger partial charge on any atom is 0.265 e. The molecule has 0 aromatic heterocycles. The number of amides is 1. The number of carbonyl (C=O) groups excluding carboxylic acids is 1. The summed E-state index contributed by atoms with van der Waals surface area (Å²) >= 11 is 5.84. The molecule has 4 heteroatoms. The third kappa shape index (κ3) is 4.50. The molecule has 1 N–H and O–H groups in total. The summed E-state index contributed by atoms with van der Waals surface area (Å²) in [5.41, 5.74) is 2.93. The van der Waals surface area contributed by atoms with Crippen LogP contribution in [0.1, 0.15) is 24.5 Å². The van der Waals surface area contributed by atoms with Gasteiger partial charge in [-0.25, -0.2) is 0 Å². The van der Waals surface area contributed by atoms with E-state index in [1.54, 1.807) is 24.3 Å². The maximum atomic E-state index is 12.3. The molecule has 0 aliphatic carbocycles. The Labute approximate surface area is 136 Å². The fraction of sp³-hybridized carbons (Fsp3) is 0.278. The number of halogens is 1. The molecule has 116 valence electrons. The van der Waals surface area contributed by atoms with Crippen molar-refractivity contribution in [3.8, 4) is 5.75 Å². The van der Waals surface area contributed by atoms with Crippen LogP contribution in [-0.4, -0.2) is 12.0 Å².